The highest BCUT2D eigenvalue weighted by Gasteiger charge is 2.50. The van der Waals surface area contributed by atoms with Crippen LogP contribution in [-0.4, -0.2) is 27.1 Å². The summed E-state index contributed by atoms with van der Waals surface area (Å²) in [4.78, 5) is 31.1. The summed E-state index contributed by atoms with van der Waals surface area (Å²) >= 11 is 1.64. The zero-order valence-electron chi connectivity index (χ0n) is 16.4. The lowest BCUT2D eigenvalue weighted by molar-refractivity contribution is -0.136. The van der Waals surface area contributed by atoms with Gasteiger partial charge in [0, 0.05) is 6.54 Å². The van der Waals surface area contributed by atoms with E-state index in [4.69, 9.17) is 0 Å². The fourth-order valence-electron chi connectivity index (χ4n) is 3.81. The first-order valence-electron chi connectivity index (χ1n) is 9.51. The number of carbonyl (C=O) groups is 2. The van der Waals surface area contributed by atoms with Crippen LogP contribution < -0.4 is 0 Å². The third-order valence-electron chi connectivity index (χ3n) is 5.58. The van der Waals surface area contributed by atoms with Gasteiger partial charge < -0.3 is 4.90 Å². The van der Waals surface area contributed by atoms with E-state index in [2.05, 4.69) is 31.2 Å². The van der Waals surface area contributed by atoms with Crippen molar-refractivity contribution >= 4 is 23.7 Å². The number of benzene rings is 2. The summed E-state index contributed by atoms with van der Waals surface area (Å²) in [7, 11) is 0. The minimum absolute atomic E-state index is 0.0825. The Morgan fingerprint density at radius 2 is 1.50 bits per heavy atom. The van der Waals surface area contributed by atoms with Crippen LogP contribution in [0, 0.1) is 12.8 Å². The van der Waals surface area contributed by atoms with E-state index in [1.165, 1.54) is 10.5 Å². The Morgan fingerprint density at radius 3 is 2.18 bits per heavy atom. The molecule has 144 valence electrons. The molecule has 4 rings (SSSR count). The van der Waals surface area contributed by atoms with Gasteiger partial charge in [-0.3, -0.25) is 9.69 Å². The fraction of sp³-hybridized carbons (Fsp3) is 0.304. The molecular formula is C23H24N2O2S. The Balaban J connectivity index is 1.67. The topological polar surface area (TPSA) is 40.6 Å². The summed E-state index contributed by atoms with van der Waals surface area (Å²) in [5, 5.41) is -0.159. The lowest BCUT2D eigenvalue weighted by atomic mass is 9.95. The first-order chi connectivity index (χ1) is 13.5. The smallest absolute Gasteiger partial charge is 0.306 e. The third-order valence-corrected chi connectivity index (χ3v) is 7.02. The summed E-state index contributed by atoms with van der Waals surface area (Å²) < 4.78 is 0. The molecule has 1 fully saturated rings. The Bertz CT molecular complexity index is 937. The third kappa shape index (κ3) is 3.35. The molecule has 5 heteroatoms. The van der Waals surface area contributed by atoms with Gasteiger partial charge in [-0.2, -0.15) is 0 Å². The van der Waals surface area contributed by atoms with E-state index in [-0.39, 0.29) is 23.2 Å². The molecule has 28 heavy (non-hydrogen) atoms. The normalized spacial score (nSPS) is 22.1. The molecule has 1 saturated heterocycles. The van der Waals surface area contributed by atoms with Crippen LogP contribution in [0.3, 0.4) is 0 Å². The largest absolute Gasteiger partial charge is 0.328 e. The summed E-state index contributed by atoms with van der Waals surface area (Å²) in [6.07, 6.45) is 0. The van der Waals surface area contributed by atoms with E-state index in [1.807, 2.05) is 49.1 Å². The maximum atomic E-state index is 13.4. The molecule has 2 heterocycles. The van der Waals surface area contributed by atoms with Crippen LogP contribution in [0.15, 0.2) is 65.1 Å². The highest BCUT2D eigenvalue weighted by atomic mass is 32.2. The van der Waals surface area contributed by atoms with Crippen molar-refractivity contribution in [2.45, 2.75) is 39.2 Å². The van der Waals surface area contributed by atoms with Crippen LogP contribution in [0.1, 0.15) is 30.5 Å². The van der Waals surface area contributed by atoms with Crippen LogP contribution in [-0.2, 0) is 17.9 Å². The second kappa shape index (κ2) is 7.47. The zero-order chi connectivity index (χ0) is 19.8. The first kappa shape index (κ1) is 18.8. The molecule has 0 bridgehead atoms. The summed E-state index contributed by atoms with van der Waals surface area (Å²) in [5.41, 5.74) is 4.31. The number of rotatable bonds is 4. The van der Waals surface area contributed by atoms with Gasteiger partial charge in [0.2, 0.25) is 5.91 Å². The summed E-state index contributed by atoms with van der Waals surface area (Å²) in [5.74, 6) is -0.349. The molecular weight excluding hydrogens is 368 g/mol. The van der Waals surface area contributed by atoms with Crippen molar-refractivity contribution in [3.8, 4) is 0 Å². The van der Waals surface area contributed by atoms with E-state index >= 15 is 0 Å². The van der Waals surface area contributed by atoms with Crippen LogP contribution in [0.2, 0.25) is 0 Å². The molecule has 2 atom stereocenters. The number of hydrogen-bond donors (Lipinski definition) is 0. The molecule has 4 nitrogen and oxygen atoms in total. The van der Waals surface area contributed by atoms with E-state index < -0.39 is 0 Å². The van der Waals surface area contributed by atoms with E-state index in [9.17, 15) is 9.59 Å². The molecule has 0 spiro atoms. The van der Waals surface area contributed by atoms with E-state index in [1.54, 1.807) is 11.8 Å². The van der Waals surface area contributed by atoms with Crippen molar-refractivity contribution in [2.24, 2.45) is 5.92 Å². The van der Waals surface area contributed by atoms with Gasteiger partial charge in [0.05, 0.1) is 17.8 Å². The predicted molar refractivity (Wildman–Crippen MR) is 112 cm³/mol. The molecule has 2 unspecified atom stereocenters. The molecule has 2 aliphatic heterocycles. The second-order valence-corrected chi connectivity index (χ2v) is 8.86. The van der Waals surface area contributed by atoms with Crippen molar-refractivity contribution in [3.05, 3.63) is 81.8 Å². The highest BCUT2D eigenvalue weighted by molar-refractivity contribution is 8.03. The second-order valence-electron chi connectivity index (χ2n) is 7.53. The summed E-state index contributed by atoms with van der Waals surface area (Å²) in [6.45, 7) is 6.93. The molecule has 0 radical (unpaired) electrons. The van der Waals surface area contributed by atoms with Crippen LogP contribution in [0.4, 0.5) is 4.79 Å². The van der Waals surface area contributed by atoms with Gasteiger partial charge in [0.15, 0.2) is 0 Å². The number of carbonyl (C=O) groups excluding carboxylic acids is 2. The average molecular weight is 393 g/mol. The number of amides is 3. The number of fused-ring (bicyclic) bond motifs is 1. The van der Waals surface area contributed by atoms with Crippen LogP contribution in [0.5, 0.6) is 0 Å². The average Bonchev–Trinajstić information content (AvgIpc) is 2.99. The molecule has 0 N–H and O–H groups in total. The Kier molecular flexibility index (Phi) is 5.02. The quantitative estimate of drug-likeness (QED) is 0.740. The van der Waals surface area contributed by atoms with E-state index in [0.29, 0.717) is 13.1 Å². The molecule has 0 aromatic heterocycles. The van der Waals surface area contributed by atoms with Crippen LogP contribution >= 0.6 is 11.8 Å². The Morgan fingerprint density at radius 1 is 0.857 bits per heavy atom. The zero-order valence-corrected chi connectivity index (χ0v) is 17.2. The van der Waals surface area contributed by atoms with Gasteiger partial charge >= 0.3 is 6.03 Å². The number of nitrogens with zero attached hydrogens (tertiary/aromatic N) is 2. The van der Waals surface area contributed by atoms with Crippen molar-refractivity contribution in [3.63, 3.8) is 0 Å². The van der Waals surface area contributed by atoms with Gasteiger partial charge in [-0.1, -0.05) is 60.2 Å². The number of hydrogen-bond acceptors (Lipinski definition) is 3. The predicted octanol–water partition coefficient (Wildman–Crippen LogP) is 4.94. The van der Waals surface area contributed by atoms with Crippen LogP contribution in [0.25, 0.3) is 0 Å². The number of urea groups is 1. The first-order valence-corrected chi connectivity index (χ1v) is 10.4. The van der Waals surface area contributed by atoms with E-state index in [0.717, 1.165) is 21.6 Å². The monoisotopic (exact) mass is 392 g/mol. The van der Waals surface area contributed by atoms with Crippen molar-refractivity contribution in [2.75, 3.05) is 0 Å². The molecule has 0 aliphatic carbocycles. The van der Waals surface area contributed by atoms with Crippen molar-refractivity contribution < 1.29 is 9.59 Å². The van der Waals surface area contributed by atoms with Crippen molar-refractivity contribution in [1.29, 1.82) is 0 Å². The number of aryl methyl sites for hydroxylation is 1. The number of thioether (sulfide) groups is 1. The van der Waals surface area contributed by atoms with Gasteiger partial charge in [0.25, 0.3) is 0 Å². The fourth-order valence-corrected chi connectivity index (χ4v) is 5.23. The van der Waals surface area contributed by atoms with Gasteiger partial charge in [-0.25, -0.2) is 4.79 Å². The lowest BCUT2D eigenvalue weighted by Crippen LogP contribution is -2.59. The Hall–Kier alpha value is -2.53. The molecule has 2 aromatic carbocycles. The molecule has 2 aromatic rings. The SMILES string of the molecule is CC1=C(C)C2C(=O)N(Cc3ccccc3)C(=O)N(Cc3ccc(C)cc3)C2S1. The van der Waals surface area contributed by atoms with Gasteiger partial charge in [-0.15, -0.1) is 11.8 Å². The Labute approximate surface area is 170 Å². The number of imide groups is 1. The molecule has 3 amide bonds. The lowest BCUT2D eigenvalue weighted by Gasteiger charge is -2.42. The summed E-state index contributed by atoms with van der Waals surface area (Å²) in [6, 6.07) is 17.7. The highest BCUT2D eigenvalue weighted by Crippen LogP contribution is 2.47. The van der Waals surface area contributed by atoms with Gasteiger partial charge in [0.1, 0.15) is 0 Å². The standard InChI is InChI=1S/C23H24N2O2S/c1-15-9-11-19(12-10-15)14-25-22-20(16(2)17(3)28-22)21(26)24(23(25)27)13-18-7-5-4-6-8-18/h4-12,20,22H,13-14H2,1-3H3. The molecule has 2 aliphatic rings. The molecule has 0 saturated carbocycles. The maximum absolute atomic E-state index is 13.4. The number of allylic oxidation sites excluding steroid dienone is 1. The minimum atomic E-state index is -0.267. The minimum Gasteiger partial charge on any atom is -0.306 e. The van der Waals surface area contributed by atoms with Crippen molar-refractivity contribution in [1.82, 2.24) is 9.80 Å². The van der Waals surface area contributed by atoms with Gasteiger partial charge in [-0.05, 0) is 42.4 Å². The maximum Gasteiger partial charge on any atom is 0.328 e.